The zero-order valence-electron chi connectivity index (χ0n) is 10.3. The highest BCUT2D eigenvalue weighted by molar-refractivity contribution is 5.78. The maximum absolute atomic E-state index is 5.88. The first kappa shape index (κ1) is 11.7. The highest BCUT2D eigenvalue weighted by Gasteiger charge is 2.19. The third kappa shape index (κ3) is 4.42. The van der Waals surface area contributed by atoms with Gasteiger partial charge in [0.25, 0.3) is 0 Å². The van der Waals surface area contributed by atoms with Gasteiger partial charge in [0.05, 0.1) is 0 Å². The molecule has 16 heavy (non-hydrogen) atoms. The molecular formula is C13H25N3. The topological polar surface area (TPSA) is 50.4 Å². The molecule has 0 bridgehead atoms. The third-order valence-electron chi connectivity index (χ3n) is 3.71. The van der Waals surface area contributed by atoms with Crippen molar-refractivity contribution in [2.45, 2.75) is 63.8 Å². The molecule has 0 aromatic heterocycles. The van der Waals surface area contributed by atoms with Gasteiger partial charge in [0.2, 0.25) is 0 Å². The van der Waals surface area contributed by atoms with Gasteiger partial charge in [-0.15, -0.1) is 0 Å². The van der Waals surface area contributed by atoms with E-state index in [2.05, 4.69) is 10.3 Å². The molecular weight excluding hydrogens is 198 g/mol. The molecule has 0 saturated heterocycles. The highest BCUT2D eigenvalue weighted by Crippen LogP contribution is 2.33. The molecule has 0 atom stereocenters. The highest BCUT2D eigenvalue weighted by atomic mass is 15.1. The van der Waals surface area contributed by atoms with Crippen LogP contribution < -0.4 is 11.1 Å². The molecule has 0 spiro atoms. The summed E-state index contributed by atoms with van der Waals surface area (Å²) in [6.45, 7) is 0.905. The largest absolute Gasteiger partial charge is 0.370 e. The number of nitrogens with two attached hydrogens (primary N) is 1. The first-order valence-corrected chi connectivity index (χ1v) is 6.91. The van der Waals surface area contributed by atoms with E-state index in [4.69, 9.17) is 5.73 Å². The van der Waals surface area contributed by atoms with Gasteiger partial charge in [0.15, 0.2) is 5.96 Å². The van der Waals surface area contributed by atoms with Crippen molar-refractivity contribution in [1.82, 2.24) is 5.32 Å². The van der Waals surface area contributed by atoms with Gasteiger partial charge in [0.1, 0.15) is 0 Å². The van der Waals surface area contributed by atoms with Crippen LogP contribution in [0.5, 0.6) is 0 Å². The molecule has 3 heteroatoms. The lowest BCUT2D eigenvalue weighted by atomic mass is 9.96. The molecule has 2 saturated carbocycles. The van der Waals surface area contributed by atoms with Gasteiger partial charge in [-0.1, -0.05) is 32.1 Å². The monoisotopic (exact) mass is 223 g/mol. The van der Waals surface area contributed by atoms with Crippen LogP contribution in [0.4, 0.5) is 0 Å². The average Bonchev–Trinajstić information content (AvgIpc) is 3.10. The van der Waals surface area contributed by atoms with Crippen LogP contribution >= 0.6 is 0 Å². The van der Waals surface area contributed by atoms with Gasteiger partial charge in [-0.05, 0) is 31.6 Å². The molecule has 0 aromatic rings. The summed E-state index contributed by atoms with van der Waals surface area (Å²) >= 11 is 0. The molecule has 0 radical (unpaired) electrons. The molecule has 0 heterocycles. The van der Waals surface area contributed by atoms with E-state index < -0.39 is 0 Å². The number of hydrogen-bond donors (Lipinski definition) is 2. The van der Waals surface area contributed by atoms with Crippen LogP contribution in [0.1, 0.15) is 57.8 Å². The molecule has 0 aromatic carbocycles. The summed E-state index contributed by atoms with van der Waals surface area (Å²) in [6.07, 6.45) is 12.0. The molecule has 0 amide bonds. The minimum atomic E-state index is 0.584. The van der Waals surface area contributed by atoms with Crippen LogP contribution in [0.25, 0.3) is 0 Å². The average molecular weight is 223 g/mol. The normalized spacial score (nSPS) is 23.4. The lowest BCUT2D eigenvalue weighted by molar-refractivity contribution is 0.412. The lowest BCUT2D eigenvalue weighted by Crippen LogP contribution is -2.41. The fraction of sp³-hybridized carbons (Fsp3) is 0.923. The summed E-state index contributed by atoms with van der Waals surface area (Å²) < 4.78 is 0. The molecule has 2 rings (SSSR count). The van der Waals surface area contributed by atoms with Gasteiger partial charge < -0.3 is 11.1 Å². The Morgan fingerprint density at radius 3 is 2.56 bits per heavy atom. The van der Waals surface area contributed by atoms with Crippen molar-refractivity contribution in [3.63, 3.8) is 0 Å². The lowest BCUT2D eigenvalue weighted by Gasteiger charge is -2.23. The van der Waals surface area contributed by atoms with E-state index in [1.807, 2.05) is 0 Å². The standard InChI is InChI=1S/C13H25N3/c14-13(15-10-4-5-11-8-9-11)16-12-6-2-1-3-7-12/h11-12H,1-10H2,(H3,14,15,16). The Labute approximate surface area is 98.9 Å². The van der Waals surface area contributed by atoms with E-state index in [1.165, 1.54) is 57.8 Å². The fourth-order valence-electron chi connectivity index (χ4n) is 2.49. The van der Waals surface area contributed by atoms with Gasteiger partial charge in [0, 0.05) is 12.6 Å². The number of guanidine groups is 1. The van der Waals surface area contributed by atoms with Crippen LogP contribution in [0.3, 0.4) is 0 Å². The maximum atomic E-state index is 5.88. The second kappa shape index (κ2) is 6.12. The molecule has 3 nitrogen and oxygen atoms in total. The SMILES string of the molecule is NC(=NCCCC1CC1)NC1CCCCC1. The van der Waals surface area contributed by atoms with E-state index in [1.54, 1.807) is 0 Å². The van der Waals surface area contributed by atoms with Crippen LogP contribution in [0, 0.1) is 5.92 Å². The summed E-state index contributed by atoms with van der Waals surface area (Å²) in [4.78, 5) is 4.40. The summed E-state index contributed by atoms with van der Waals surface area (Å²) in [5.41, 5.74) is 5.88. The predicted octanol–water partition coefficient (Wildman–Crippen LogP) is 2.41. The molecule has 0 unspecified atom stereocenters. The summed E-state index contributed by atoms with van der Waals surface area (Å²) in [5, 5.41) is 3.35. The number of nitrogens with zero attached hydrogens (tertiary/aromatic N) is 1. The molecule has 2 aliphatic carbocycles. The Kier molecular flexibility index (Phi) is 4.49. The predicted molar refractivity (Wildman–Crippen MR) is 68.5 cm³/mol. The van der Waals surface area contributed by atoms with Gasteiger partial charge in [-0.2, -0.15) is 0 Å². The second-order valence-electron chi connectivity index (χ2n) is 5.33. The summed E-state index contributed by atoms with van der Waals surface area (Å²) in [7, 11) is 0. The summed E-state index contributed by atoms with van der Waals surface area (Å²) in [6, 6.07) is 0.584. The van der Waals surface area contributed by atoms with Crippen LogP contribution in [-0.2, 0) is 0 Å². The maximum Gasteiger partial charge on any atom is 0.188 e. The Balaban J connectivity index is 1.57. The Bertz CT molecular complexity index is 227. The van der Waals surface area contributed by atoms with E-state index in [0.29, 0.717) is 12.0 Å². The molecule has 3 N–H and O–H groups in total. The Morgan fingerprint density at radius 1 is 1.12 bits per heavy atom. The molecule has 0 aliphatic heterocycles. The van der Waals surface area contributed by atoms with Gasteiger partial charge >= 0.3 is 0 Å². The van der Waals surface area contributed by atoms with Crippen molar-refractivity contribution in [2.75, 3.05) is 6.54 Å². The second-order valence-corrected chi connectivity index (χ2v) is 5.33. The molecule has 92 valence electrons. The van der Waals surface area contributed by atoms with E-state index in [-0.39, 0.29) is 0 Å². The van der Waals surface area contributed by atoms with E-state index >= 15 is 0 Å². The van der Waals surface area contributed by atoms with Crippen molar-refractivity contribution in [3.05, 3.63) is 0 Å². The van der Waals surface area contributed by atoms with Crippen LogP contribution in [-0.4, -0.2) is 18.5 Å². The van der Waals surface area contributed by atoms with E-state index in [0.717, 1.165) is 12.5 Å². The Morgan fingerprint density at radius 2 is 1.88 bits per heavy atom. The van der Waals surface area contributed by atoms with Crippen LogP contribution in [0.2, 0.25) is 0 Å². The molecule has 2 aliphatic rings. The third-order valence-corrected chi connectivity index (χ3v) is 3.71. The van der Waals surface area contributed by atoms with Crippen molar-refractivity contribution in [3.8, 4) is 0 Å². The number of aliphatic imine (C=N–C) groups is 1. The van der Waals surface area contributed by atoms with Crippen molar-refractivity contribution < 1.29 is 0 Å². The first-order chi connectivity index (χ1) is 7.84. The Hall–Kier alpha value is -0.730. The van der Waals surface area contributed by atoms with Crippen LogP contribution in [0.15, 0.2) is 4.99 Å². The van der Waals surface area contributed by atoms with Gasteiger partial charge in [-0.25, -0.2) is 0 Å². The number of hydrogen-bond acceptors (Lipinski definition) is 1. The van der Waals surface area contributed by atoms with Crippen molar-refractivity contribution in [2.24, 2.45) is 16.6 Å². The van der Waals surface area contributed by atoms with Gasteiger partial charge in [-0.3, -0.25) is 4.99 Å². The smallest absolute Gasteiger partial charge is 0.188 e. The fourth-order valence-corrected chi connectivity index (χ4v) is 2.49. The number of rotatable bonds is 5. The minimum Gasteiger partial charge on any atom is -0.370 e. The molecule has 2 fully saturated rings. The van der Waals surface area contributed by atoms with Crippen molar-refractivity contribution in [1.29, 1.82) is 0 Å². The minimum absolute atomic E-state index is 0.584. The zero-order valence-corrected chi connectivity index (χ0v) is 10.3. The summed E-state index contributed by atoms with van der Waals surface area (Å²) in [5.74, 6) is 1.69. The number of nitrogens with one attached hydrogen (secondary N) is 1. The van der Waals surface area contributed by atoms with Crippen molar-refractivity contribution >= 4 is 5.96 Å². The quantitative estimate of drug-likeness (QED) is 0.427. The zero-order chi connectivity index (χ0) is 11.2. The van der Waals surface area contributed by atoms with E-state index in [9.17, 15) is 0 Å². The first-order valence-electron chi connectivity index (χ1n) is 6.91.